The van der Waals surface area contributed by atoms with Crippen LogP contribution in [0.15, 0.2) is 0 Å². The highest BCUT2D eigenvalue weighted by atomic mass is 16.6. The summed E-state index contributed by atoms with van der Waals surface area (Å²) < 4.78 is 4.46. The number of carbonyl (C=O) groups excluding carboxylic acids is 1. The standard InChI is InChI=1S/C6H11NO6/c7-5(11)4-2(9)1(8)3(10)6(12)13-4/h1-4,6,8-10,12H,(H2,7,11)/t1?,2-,3-,4?,6?/m0/s1. The highest BCUT2D eigenvalue weighted by Crippen LogP contribution is 2.19. The smallest absolute Gasteiger partial charge is 0.249 e. The normalized spacial score (nSPS) is 46.0. The molecule has 76 valence electrons. The van der Waals surface area contributed by atoms with Crippen molar-refractivity contribution in [3.8, 4) is 0 Å². The first-order chi connectivity index (χ1) is 5.95. The maximum Gasteiger partial charge on any atom is 0.249 e. The molecule has 7 heteroatoms. The molecule has 7 nitrogen and oxygen atoms in total. The van der Waals surface area contributed by atoms with E-state index in [4.69, 9.17) is 26.2 Å². The van der Waals surface area contributed by atoms with Gasteiger partial charge in [0.05, 0.1) is 0 Å². The highest BCUT2D eigenvalue weighted by molar-refractivity contribution is 5.79. The molecule has 13 heavy (non-hydrogen) atoms. The Balaban J connectivity index is 2.76. The maximum atomic E-state index is 10.6. The van der Waals surface area contributed by atoms with E-state index in [1.807, 2.05) is 0 Å². The van der Waals surface area contributed by atoms with E-state index in [2.05, 4.69) is 4.74 Å². The first kappa shape index (κ1) is 10.4. The molecule has 1 fully saturated rings. The van der Waals surface area contributed by atoms with Crippen LogP contribution in [0.25, 0.3) is 0 Å². The average molecular weight is 193 g/mol. The fourth-order valence-electron chi connectivity index (χ4n) is 1.10. The molecule has 0 spiro atoms. The van der Waals surface area contributed by atoms with Gasteiger partial charge in [-0.05, 0) is 0 Å². The summed E-state index contributed by atoms with van der Waals surface area (Å²) in [5.74, 6) is -1.02. The topological polar surface area (TPSA) is 133 Å². The van der Waals surface area contributed by atoms with E-state index in [-0.39, 0.29) is 0 Å². The molecule has 0 saturated carbocycles. The largest absolute Gasteiger partial charge is 0.387 e. The second-order valence-corrected chi connectivity index (χ2v) is 2.82. The molecule has 0 aromatic heterocycles. The van der Waals surface area contributed by atoms with Crippen LogP contribution in [0.2, 0.25) is 0 Å². The Hall–Kier alpha value is -0.730. The Bertz CT molecular complexity index is 209. The van der Waals surface area contributed by atoms with Crippen molar-refractivity contribution in [3.63, 3.8) is 0 Å². The highest BCUT2D eigenvalue weighted by Gasteiger charge is 2.45. The number of hydrogen-bond donors (Lipinski definition) is 5. The van der Waals surface area contributed by atoms with Crippen molar-refractivity contribution < 1.29 is 30.0 Å². The molecule has 1 rings (SSSR count). The number of aliphatic hydroxyl groups excluding tert-OH is 4. The summed E-state index contributed by atoms with van der Waals surface area (Å²) in [6.07, 6.45) is -8.16. The lowest BCUT2D eigenvalue weighted by atomic mass is 9.99. The number of nitrogens with two attached hydrogens (primary N) is 1. The fourth-order valence-corrected chi connectivity index (χ4v) is 1.10. The van der Waals surface area contributed by atoms with Crippen molar-refractivity contribution >= 4 is 5.91 Å². The van der Waals surface area contributed by atoms with Gasteiger partial charge in [-0.1, -0.05) is 0 Å². The molecule has 5 atom stereocenters. The maximum absolute atomic E-state index is 10.6. The fraction of sp³-hybridized carbons (Fsp3) is 0.833. The second-order valence-electron chi connectivity index (χ2n) is 2.82. The first-order valence-corrected chi connectivity index (χ1v) is 3.62. The minimum absolute atomic E-state index is 1.02. The van der Waals surface area contributed by atoms with Crippen molar-refractivity contribution in [3.05, 3.63) is 0 Å². The molecule has 0 aromatic carbocycles. The van der Waals surface area contributed by atoms with Gasteiger partial charge in [0, 0.05) is 0 Å². The van der Waals surface area contributed by atoms with Crippen LogP contribution in [-0.4, -0.2) is 57.0 Å². The van der Waals surface area contributed by atoms with Gasteiger partial charge in [0.2, 0.25) is 5.91 Å². The van der Waals surface area contributed by atoms with Gasteiger partial charge in [-0.25, -0.2) is 0 Å². The molecular formula is C6H11NO6. The zero-order chi connectivity index (χ0) is 10.2. The van der Waals surface area contributed by atoms with Crippen molar-refractivity contribution in [2.45, 2.75) is 30.7 Å². The zero-order valence-electron chi connectivity index (χ0n) is 6.57. The molecule has 0 bridgehead atoms. The Labute approximate surface area is 73.4 Å². The van der Waals surface area contributed by atoms with Gasteiger partial charge < -0.3 is 30.9 Å². The molecule has 1 amide bonds. The molecule has 0 aromatic rings. The van der Waals surface area contributed by atoms with E-state index < -0.39 is 36.6 Å². The number of aliphatic hydroxyl groups is 4. The van der Waals surface area contributed by atoms with E-state index in [0.29, 0.717) is 0 Å². The van der Waals surface area contributed by atoms with Crippen LogP contribution in [0.1, 0.15) is 0 Å². The third-order valence-corrected chi connectivity index (χ3v) is 1.87. The second kappa shape index (κ2) is 3.56. The Morgan fingerprint density at radius 2 is 1.62 bits per heavy atom. The predicted octanol–water partition coefficient (Wildman–Crippen LogP) is -3.73. The first-order valence-electron chi connectivity index (χ1n) is 3.62. The number of ether oxygens (including phenoxy) is 1. The van der Waals surface area contributed by atoms with E-state index >= 15 is 0 Å². The Morgan fingerprint density at radius 3 is 2.08 bits per heavy atom. The van der Waals surface area contributed by atoms with Gasteiger partial charge in [-0.3, -0.25) is 4.79 Å². The summed E-state index contributed by atoms with van der Waals surface area (Å²) >= 11 is 0. The van der Waals surface area contributed by atoms with Gasteiger partial charge >= 0.3 is 0 Å². The van der Waals surface area contributed by atoms with Crippen molar-refractivity contribution in [1.29, 1.82) is 0 Å². The lowest BCUT2D eigenvalue weighted by molar-refractivity contribution is -0.275. The van der Waals surface area contributed by atoms with Gasteiger partial charge in [0.15, 0.2) is 12.4 Å². The van der Waals surface area contributed by atoms with Crippen LogP contribution in [0, 0.1) is 0 Å². The van der Waals surface area contributed by atoms with Crippen molar-refractivity contribution in [2.75, 3.05) is 0 Å². The average Bonchev–Trinajstić information content (AvgIpc) is 2.07. The Kier molecular flexibility index (Phi) is 2.84. The van der Waals surface area contributed by atoms with Crippen LogP contribution < -0.4 is 5.73 Å². The predicted molar refractivity (Wildman–Crippen MR) is 38.1 cm³/mol. The number of carbonyl (C=O) groups is 1. The lowest BCUT2D eigenvalue weighted by Crippen LogP contribution is -2.60. The number of amides is 1. The SMILES string of the molecule is NC(=O)C1OC(O)[C@@H](O)C(O)[C@@H]1O. The molecule has 1 aliphatic heterocycles. The van der Waals surface area contributed by atoms with Crippen molar-refractivity contribution in [2.24, 2.45) is 5.73 Å². The molecule has 0 radical (unpaired) electrons. The van der Waals surface area contributed by atoms with E-state index in [0.717, 1.165) is 0 Å². The van der Waals surface area contributed by atoms with E-state index in [9.17, 15) is 4.79 Å². The number of hydrogen-bond acceptors (Lipinski definition) is 6. The summed E-state index contributed by atoms with van der Waals surface area (Å²) in [7, 11) is 0. The minimum Gasteiger partial charge on any atom is -0.387 e. The number of rotatable bonds is 1. The van der Waals surface area contributed by atoms with Gasteiger partial charge in [0.1, 0.15) is 18.3 Å². The summed E-state index contributed by atoms with van der Waals surface area (Å²) in [5, 5.41) is 36.2. The van der Waals surface area contributed by atoms with Crippen LogP contribution in [0.4, 0.5) is 0 Å². The summed E-state index contributed by atoms with van der Waals surface area (Å²) in [6, 6.07) is 0. The van der Waals surface area contributed by atoms with E-state index in [1.54, 1.807) is 0 Å². The van der Waals surface area contributed by atoms with Crippen LogP contribution in [0.5, 0.6) is 0 Å². The molecule has 0 aliphatic carbocycles. The molecule has 1 heterocycles. The molecule has 6 N–H and O–H groups in total. The molecule has 3 unspecified atom stereocenters. The molecular weight excluding hydrogens is 182 g/mol. The zero-order valence-corrected chi connectivity index (χ0v) is 6.57. The third kappa shape index (κ3) is 1.79. The van der Waals surface area contributed by atoms with Gasteiger partial charge in [-0.2, -0.15) is 0 Å². The van der Waals surface area contributed by atoms with E-state index in [1.165, 1.54) is 0 Å². The summed E-state index contributed by atoms with van der Waals surface area (Å²) in [4.78, 5) is 10.6. The quantitative estimate of drug-likeness (QED) is 0.291. The van der Waals surface area contributed by atoms with Crippen molar-refractivity contribution in [1.82, 2.24) is 0 Å². The minimum atomic E-state index is -1.73. The van der Waals surface area contributed by atoms with Gasteiger partial charge in [0.25, 0.3) is 0 Å². The van der Waals surface area contributed by atoms with Crippen LogP contribution >= 0.6 is 0 Å². The summed E-state index contributed by atoms with van der Waals surface area (Å²) in [6.45, 7) is 0. The summed E-state index contributed by atoms with van der Waals surface area (Å²) in [5.41, 5.74) is 4.80. The third-order valence-electron chi connectivity index (χ3n) is 1.87. The monoisotopic (exact) mass is 193 g/mol. The number of primary amides is 1. The Morgan fingerprint density at radius 1 is 1.08 bits per heavy atom. The lowest BCUT2D eigenvalue weighted by Gasteiger charge is -2.36. The van der Waals surface area contributed by atoms with Crippen LogP contribution in [-0.2, 0) is 9.53 Å². The van der Waals surface area contributed by atoms with Gasteiger partial charge in [-0.15, -0.1) is 0 Å². The van der Waals surface area contributed by atoms with Crippen LogP contribution in [0.3, 0.4) is 0 Å². The molecule has 1 aliphatic rings. The molecule has 1 saturated heterocycles.